The third kappa shape index (κ3) is 5.72. The van der Waals surface area contributed by atoms with E-state index >= 15 is 0 Å². The van der Waals surface area contributed by atoms with Crippen LogP contribution in [0, 0.1) is 11.7 Å². The van der Waals surface area contributed by atoms with Crippen molar-refractivity contribution in [2.75, 3.05) is 26.2 Å². The highest BCUT2D eigenvalue weighted by atomic mass is 35.5. The van der Waals surface area contributed by atoms with Crippen LogP contribution in [0.2, 0.25) is 0 Å². The molecule has 2 aliphatic rings. The zero-order chi connectivity index (χ0) is 17.2. The highest BCUT2D eigenvalue weighted by molar-refractivity contribution is 5.85. The smallest absolute Gasteiger partial charge is 0.314 e. The summed E-state index contributed by atoms with van der Waals surface area (Å²) in [7, 11) is 0. The Morgan fingerprint density at radius 1 is 0.962 bits per heavy atom. The molecule has 2 fully saturated rings. The first-order valence-electron chi connectivity index (χ1n) is 8.77. The van der Waals surface area contributed by atoms with E-state index in [2.05, 4.69) is 10.2 Å². The van der Waals surface area contributed by atoms with Gasteiger partial charge in [-0.25, -0.2) is 4.39 Å². The summed E-state index contributed by atoms with van der Waals surface area (Å²) in [5.41, 5.74) is -0.399. The van der Waals surface area contributed by atoms with Gasteiger partial charge in [0.15, 0.2) is 0 Å². The average Bonchev–Trinajstić information content (AvgIpc) is 2.56. The Hall–Kier alpha value is -0.560. The fourth-order valence-corrected chi connectivity index (χ4v) is 4.14. The van der Waals surface area contributed by atoms with Crippen molar-refractivity contribution in [2.45, 2.75) is 44.3 Å². The third-order valence-corrected chi connectivity index (χ3v) is 5.23. The normalized spacial score (nSPS) is 20.8. The van der Waals surface area contributed by atoms with E-state index in [1.165, 1.54) is 12.5 Å². The Bertz CT molecular complexity index is 539. The van der Waals surface area contributed by atoms with Crippen molar-refractivity contribution in [3.8, 4) is 0 Å². The molecule has 0 radical (unpaired) electrons. The van der Waals surface area contributed by atoms with Crippen molar-refractivity contribution >= 4 is 24.8 Å². The van der Waals surface area contributed by atoms with Gasteiger partial charge in [-0.05, 0) is 42.5 Å². The van der Waals surface area contributed by atoms with Crippen LogP contribution in [0.25, 0.3) is 0 Å². The number of piperazine rings is 1. The molecule has 0 spiro atoms. The Morgan fingerprint density at radius 3 is 2.15 bits per heavy atom. The molecule has 1 saturated carbocycles. The van der Waals surface area contributed by atoms with Gasteiger partial charge in [0, 0.05) is 32.2 Å². The molecule has 3 rings (SSSR count). The van der Waals surface area contributed by atoms with E-state index in [4.69, 9.17) is 0 Å². The maximum absolute atomic E-state index is 13.9. The van der Waals surface area contributed by atoms with Gasteiger partial charge < -0.3 is 5.32 Å². The minimum Gasteiger partial charge on any atom is -0.314 e. The summed E-state index contributed by atoms with van der Waals surface area (Å²) in [4.78, 5) is 2.24. The molecule has 1 atom stereocenters. The van der Waals surface area contributed by atoms with Crippen LogP contribution < -0.4 is 5.32 Å². The maximum atomic E-state index is 13.9. The first kappa shape index (κ1) is 23.5. The summed E-state index contributed by atoms with van der Waals surface area (Å²) in [6.45, 7) is 3.23. The lowest BCUT2D eigenvalue weighted by Gasteiger charge is -2.41. The van der Waals surface area contributed by atoms with Gasteiger partial charge in [-0.2, -0.15) is 13.2 Å². The second-order valence-corrected chi connectivity index (χ2v) is 6.90. The molecular formula is C18H26Cl2F4N2. The minimum absolute atomic E-state index is 0. The number of hydrogen-bond acceptors (Lipinski definition) is 2. The van der Waals surface area contributed by atoms with Crippen molar-refractivity contribution < 1.29 is 17.6 Å². The van der Waals surface area contributed by atoms with E-state index < -0.39 is 17.6 Å². The van der Waals surface area contributed by atoms with Gasteiger partial charge in [0.2, 0.25) is 0 Å². The Morgan fingerprint density at radius 2 is 1.58 bits per heavy atom. The molecule has 26 heavy (non-hydrogen) atoms. The standard InChI is InChI=1S/C18H24F4N2.2ClH/c19-16-11-14(10-15(12-16)18(20,21)22)17(13-4-2-1-3-5-13)24-8-6-23-7-9-24;;/h10-13,17,23H,1-9H2;2*1H/t17-;;/m0../s1. The summed E-state index contributed by atoms with van der Waals surface area (Å²) in [6.07, 6.45) is 0.890. The van der Waals surface area contributed by atoms with Gasteiger partial charge in [-0.3, -0.25) is 4.90 Å². The van der Waals surface area contributed by atoms with Crippen LogP contribution in [-0.2, 0) is 6.18 Å². The van der Waals surface area contributed by atoms with Crippen molar-refractivity contribution in [2.24, 2.45) is 5.92 Å². The van der Waals surface area contributed by atoms with Gasteiger partial charge in [-0.1, -0.05) is 19.3 Å². The molecule has 1 aliphatic heterocycles. The molecule has 150 valence electrons. The van der Waals surface area contributed by atoms with Crippen molar-refractivity contribution in [1.29, 1.82) is 0 Å². The van der Waals surface area contributed by atoms with Crippen molar-refractivity contribution in [3.63, 3.8) is 0 Å². The Kier molecular flexibility index (Phi) is 9.13. The Balaban J connectivity index is 0.00000169. The van der Waals surface area contributed by atoms with Crippen LogP contribution in [0.4, 0.5) is 17.6 Å². The number of benzene rings is 1. The minimum atomic E-state index is -4.52. The summed E-state index contributed by atoms with van der Waals surface area (Å²) in [5.74, 6) is -0.490. The van der Waals surface area contributed by atoms with E-state index in [0.717, 1.165) is 57.9 Å². The van der Waals surface area contributed by atoms with Crippen LogP contribution in [0.5, 0.6) is 0 Å². The number of rotatable bonds is 3. The molecule has 0 unspecified atom stereocenters. The number of nitrogens with zero attached hydrogens (tertiary/aromatic N) is 1. The molecule has 0 amide bonds. The summed E-state index contributed by atoms with van der Waals surface area (Å²) >= 11 is 0. The van der Waals surface area contributed by atoms with Gasteiger partial charge in [0.25, 0.3) is 0 Å². The van der Waals surface area contributed by atoms with Crippen LogP contribution in [0.1, 0.15) is 49.3 Å². The molecule has 2 nitrogen and oxygen atoms in total. The van der Waals surface area contributed by atoms with Crippen LogP contribution in [0.3, 0.4) is 0 Å². The largest absolute Gasteiger partial charge is 0.416 e. The molecule has 1 aromatic carbocycles. The average molecular weight is 417 g/mol. The van der Waals surface area contributed by atoms with Gasteiger partial charge >= 0.3 is 6.18 Å². The highest BCUT2D eigenvalue weighted by Crippen LogP contribution is 2.40. The molecule has 1 saturated heterocycles. The van der Waals surface area contributed by atoms with E-state index in [-0.39, 0.29) is 30.9 Å². The molecule has 1 aliphatic carbocycles. The predicted molar refractivity (Wildman–Crippen MR) is 99.7 cm³/mol. The number of halogens is 6. The lowest BCUT2D eigenvalue weighted by Crippen LogP contribution is -2.47. The third-order valence-electron chi connectivity index (χ3n) is 5.23. The van der Waals surface area contributed by atoms with Crippen LogP contribution in [0.15, 0.2) is 18.2 Å². The quantitative estimate of drug-likeness (QED) is 0.679. The highest BCUT2D eigenvalue weighted by Gasteiger charge is 2.35. The molecule has 1 heterocycles. The first-order chi connectivity index (χ1) is 11.4. The summed E-state index contributed by atoms with van der Waals surface area (Å²) in [5, 5.41) is 3.28. The first-order valence-corrected chi connectivity index (χ1v) is 8.77. The SMILES string of the molecule is Cl.Cl.Fc1cc([C@H](C2CCCCC2)N2CCNCC2)cc(C(F)(F)F)c1. The second-order valence-electron chi connectivity index (χ2n) is 6.90. The number of alkyl halides is 3. The monoisotopic (exact) mass is 416 g/mol. The lowest BCUT2D eigenvalue weighted by atomic mass is 9.80. The molecular weight excluding hydrogens is 391 g/mol. The molecule has 0 aromatic heterocycles. The lowest BCUT2D eigenvalue weighted by molar-refractivity contribution is -0.137. The van der Waals surface area contributed by atoms with Crippen molar-refractivity contribution in [1.82, 2.24) is 10.2 Å². The van der Waals surface area contributed by atoms with E-state index in [9.17, 15) is 17.6 Å². The van der Waals surface area contributed by atoms with E-state index in [0.29, 0.717) is 17.5 Å². The molecule has 0 bridgehead atoms. The fourth-order valence-electron chi connectivity index (χ4n) is 4.14. The van der Waals surface area contributed by atoms with Crippen LogP contribution >= 0.6 is 24.8 Å². The van der Waals surface area contributed by atoms with Gasteiger partial charge in [0.05, 0.1) is 5.56 Å². The summed E-state index contributed by atoms with van der Waals surface area (Å²) in [6, 6.07) is 2.93. The van der Waals surface area contributed by atoms with Gasteiger partial charge in [0.1, 0.15) is 5.82 Å². The molecule has 1 aromatic rings. The van der Waals surface area contributed by atoms with Crippen molar-refractivity contribution in [3.05, 3.63) is 35.1 Å². The zero-order valence-electron chi connectivity index (χ0n) is 14.5. The molecule has 8 heteroatoms. The van der Waals surface area contributed by atoms with Crippen LogP contribution in [-0.4, -0.2) is 31.1 Å². The summed E-state index contributed by atoms with van der Waals surface area (Å²) < 4.78 is 53.2. The maximum Gasteiger partial charge on any atom is 0.416 e. The fraction of sp³-hybridized carbons (Fsp3) is 0.667. The second kappa shape index (κ2) is 10.1. The topological polar surface area (TPSA) is 15.3 Å². The van der Waals surface area contributed by atoms with E-state index in [1.807, 2.05) is 0 Å². The number of nitrogens with one attached hydrogen (secondary N) is 1. The Labute approximate surface area is 164 Å². The van der Waals surface area contributed by atoms with E-state index in [1.54, 1.807) is 0 Å². The zero-order valence-corrected chi connectivity index (χ0v) is 16.2. The predicted octanol–water partition coefficient (Wildman–Crippen LogP) is 5.21. The molecule has 1 N–H and O–H groups in total. The van der Waals surface area contributed by atoms with Gasteiger partial charge in [-0.15, -0.1) is 24.8 Å². The number of hydrogen-bond donors (Lipinski definition) is 1.